The third-order valence-electron chi connectivity index (χ3n) is 7.13. The van der Waals surface area contributed by atoms with E-state index in [1.54, 1.807) is 14.2 Å². The monoisotopic (exact) mass is 434 g/mol. The predicted octanol–water partition coefficient (Wildman–Crippen LogP) is 7.38. The Morgan fingerprint density at radius 3 is 1.88 bits per heavy atom. The molecule has 0 fully saturated rings. The molecule has 33 heavy (non-hydrogen) atoms. The quantitative estimate of drug-likeness (QED) is 0.315. The molecule has 1 aliphatic rings. The van der Waals surface area contributed by atoms with Gasteiger partial charge in [0, 0.05) is 11.3 Å². The zero-order valence-corrected chi connectivity index (χ0v) is 19.8. The van der Waals surface area contributed by atoms with Crippen molar-refractivity contribution in [3.8, 4) is 22.6 Å². The number of benzene rings is 4. The summed E-state index contributed by atoms with van der Waals surface area (Å²) in [5.74, 6) is 2.01. The fourth-order valence-electron chi connectivity index (χ4n) is 5.20. The van der Waals surface area contributed by atoms with Gasteiger partial charge in [0.25, 0.3) is 0 Å². The second-order valence-electron chi connectivity index (χ2n) is 9.35. The van der Waals surface area contributed by atoms with Gasteiger partial charge in [-0.25, -0.2) is 0 Å². The van der Waals surface area contributed by atoms with E-state index >= 15 is 0 Å². The lowest BCUT2D eigenvalue weighted by Crippen LogP contribution is -2.16. The van der Waals surface area contributed by atoms with Crippen LogP contribution >= 0.6 is 0 Å². The highest BCUT2D eigenvalue weighted by atomic mass is 16.5. The fourth-order valence-corrected chi connectivity index (χ4v) is 5.20. The van der Waals surface area contributed by atoms with E-state index in [1.807, 2.05) is 12.1 Å². The van der Waals surface area contributed by atoms with Crippen molar-refractivity contribution in [2.45, 2.75) is 31.6 Å². The lowest BCUT2D eigenvalue weighted by Gasteiger charge is -2.24. The van der Waals surface area contributed by atoms with Gasteiger partial charge in [0.15, 0.2) is 0 Å². The van der Waals surface area contributed by atoms with E-state index in [4.69, 9.17) is 9.47 Å². The molecule has 4 aromatic carbocycles. The van der Waals surface area contributed by atoms with E-state index in [2.05, 4.69) is 92.7 Å². The Balaban J connectivity index is 1.58. The smallest absolute Gasteiger partial charge is 0.118 e. The van der Waals surface area contributed by atoms with Gasteiger partial charge < -0.3 is 9.47 Å². The average Bonchev–Trinajstić information content (AvgIpc) is 3.09. The third-order valence-corrected chi connectivity index (χ3v) is 7.13. The minimum atomic E-state index is -0.00743. The van der Waals surface area contributed by atoms with Crippen LogP contribution < -0.4 is 9.47 Å². The van der Waals surface area contributed by atoms with Gasteiger partial charge >= 0.3 is 0 Å². The molecule has 0 aromatic heterocycles. The van der Waals surface area contributed by atoms with Crippen LogP contribution in [0.5, 0.6) is 11.5 Å². The van der Waals surface area contributed by atoms with Crippen molar-refractivity contribution in [1.82, 2.24) is 0 Å². The molecule has 0 saturated heterocycles. The number of hydrogen-bond acceptors (Lipinski definition) is 2. The summed E-state index contributed by atoms with van der Waals surface area (Å²) in [6, 6.07) is 32.8. The van der Waals surface area contributed by atoms with Crippen LogP contribution in [0.15, 0.2) is 91.0 Å². The Kier molecular flexibility index (Phi) is 5.46. The standard InChI is InChI=1S/C31H30O2/c1-31(2)29-8-6-5-7-26(29)27-18-13-23(20-30(27)31)28(22-11-16-25(33-4)17-12-22)19-21-9-14-24(32-3)15-10-21/h5-18,20,28H,19H2,1-4H3. The summed E-state index contributed by atoms with van der Waals surface area (Å²) < 4.78 is 10.8. The highest BCUT2D eigenvalue weighted by Gasteiger charge is 2.35. The summed E-state index contributed by atoms with van der Waals surface area (Å²) in [5, 5.41) is 0. The van der Waals surface area contributed by atoms with Gasteiger partial charge in [0.2, 0.25) is 0 Å². The Hall–Kier alpha value is -3.52. The van der Waals surface area contributed by atoms with Crippen molar-refractivity contribution in [2.75, 3.05) is 14.2 Å². The Bertz CT molecular complexity index is 1270. The van der Waals surface area contributed by atoms with E-state index in [0.29, 0.717) is 0 Å². The molecular weight excluding hydrogens is 404 g/mol. The first-order chi connectivity index (χ1) is 16.0. The summed E-state index contributed by atoms with van der Waals surface area (Å²) in [7, 11) is 3.42. The van der Waals surface area contributed by atoms with E-state index in [9.17, 15) is 0 Å². The molecule has 1 unspecified atom stereocenters. The number of rotatable bonds is 6. The zero-order valence-electron chi connectivity index (χ0n) is 19.8. The molecule has 5 rings (SSSR count). The SMILES string of the molecule is COc1ccc(CC(c2ccc(OC)cc2)c2ccc3c(c2)C(C)(C)c2ccccc2-3)cc1. The van der Waals surface area contributed by atoms with Gasteiger partial charge in [-0.3, -0.25) is 0 Å². The van der Waals surface area contributed by atoms with E-state index in [1.165, 1.54) is 38.9 Å². The highest BCUT2D eigenvalue weighted by molar-refractivity contribution is 5.81. The molecule has 0 N–H and O–H groups in total. The van der Waals surface area contributed by atoms with Gasteiger partial charge in [-0.1, -0.05) is 80.6 Å². The van der Waals surface area contributed by atoms with Crippen LogP contribution in [0.2, 0.25) is 0 Å². The van der Waals surface area contributed by atoms with Crippen molar-refractivity contribution >= 4 is 0 Å². The molecule has 166 valence electrons. The van der Waals surface area contributed by atoms with Crippen molar-refractivity contribution in [1.29, 1.82) is 0 Å². The normalized spacial score (nSPS) is 14.3. The van der Waals surface area contributed by atoms with E-state index < -0.39 is 0 Å². The summed E-state index contributed by atoms with van der Waals surface area (Å²) in [5.41, 5.74) is 9.46. The highest BCUT2D eigenvalue weighted by Crippen LogP contribution is 2.49. The largest absolute Gasteiger partial charge is 0.497 e. The maximum atomic E-state index is 5.41. The summed E-state index contributed by atoms with van der Waals surface area (Å²) in [6.45, 7) is 4.68. The second-order valence-corrected chi connectivity index (χ2v) is 9.35. The topological polar surface area (TPSA) is 18.5 Å². The minimum absolute atomic E-state index is 0.00743. The molecule has 4 aromatic rings. The molecule has 1 atom stereocenters. The van der Waals surface area contributed by atoms with Crippen LogP contribution in [0.4, 0.5) is 0 Å². The molecule has 0 radical (unpaired) electrons. The van der Waals surface area contributed by atoms with Crippen LogP contribution in [-0.2, 0) is 11.8 Å². The maximum Gasteiger partial charge on any atom is 0.118 e. The molecule has 2 heteroatoms. The van der Waals surface area contributed by atoms with Crippen LogP contribution in [-0.4, -0.2) is 14.2 Å². The molecule has 0 bridgehead atoms. The van der Waals surface area contributed by atoms with Crippen LogP contribution in [0.3, 0.4) is 0 Å². The first-order valence-electron chi connectivity index (χ1n) is 11.5. The van der Waals surface area contributed by atoms with Crippen molar-refractivity contribution in [3.63, 3.8) is 0 Å². The number of hydrogen-bond donors (Lipinski definition) is 0. The lowest BCUT2D eigenvalue weighted by molar-refractivity contribution is 0.414. The lowest BCUT2D eigenvalue weighted by atomic mass is 9.79. The first kappa shape index (κ1) is 21.3. The number of fused-ring (bicyclic) bond motifs is 3. The van der Waals surface area contributed by atoms with Gasteiger partial charge in [0.1, 0.15) is 11.5 Å². The Morgan fingerprint density at radius 2 is 1.21 bits per heavy atom. The maximum absolute atomic E-state index is 5.41. The van der Waals surface area contributed by atoms with Crippen molar-refractivity contribution in [2.24, 2.45) is 0 Å². The molecule has 0 saturated carbocycles. The number of methoxy groups -OCH3 is 2. The van der Waals surface area contributed by atoms with Gasteiger partial charge in [0.05, 0.1) is 14.2 Å². The van der Waals surface area contributed by atoms with Crippen molar-refractivity contribution in [3.05, 3.63) is 119 Å². The van der Waals surface area contributed by atoms with E-state index in [0.717, 1.165) is 17.9 Å². The first-order valence-corrected chi connectivity index (χ1v) is 11.5. The molecule has 0 spiro atoms. The van der Waals surface area contributed by atoms with Crippen LogP contribution in [0, 0.1) is 0 Å². The summed E-state index contributed by atoms with van der Waals surface area (Å²) >= 11 is 0. The van der Waals surface area contributed by atoms with Crippen molar-refractivity contribution < 1.29 is 9.47 Å². The van der Waals surface area contributed by atoms with Crippen LogP contribution in [0.1, 0.15) is 47.6 Å². The molecule has 2 nitrogen and oxygen atoms in total. The minimum Gasteiger partial charge on any atom is -0.497 e. The van der Waals surface area contributed by atoms with E-state index in [-0.39, 0.29) is 11.3 Å². The van der Waals surface area contributed by atoms with Gasteiger partial charge in [-0.2, -0.15) is 0 Å². The third kappa shape index (κ3) is 3.80. The molecule has 0 aliphatic heterocycles. The molecule has 0 amide bonds. The predicted molar refractivity (Wildman–Crippen MR) is 136 cm³/mol. The molecule has 1 aliphatic carbocycles. The second kappa shape index (κ2) is 8.44. The van der Waals surface area contributed by atoms with Crippen LogP contribution in [0.25, 0.3) is 11.1 Å². The zero-order chi connectivity index (χ0) is 23.0. The average molecular weight is 435 g/mol. The van der Waals surface area contributed by atoms with Gasteiger partial charge in [-0.05, 0) is 69.6 Å². The fraction of sp³-hybridized carbons (Fsp3) is 0.226. The molecule has 0 heterocycles. The molecular formula is C31H30O2. The Morgan fingerprint density at radius 1 is 0.636 bits per heavy atom. The Labute approximate surface area is 196 Å². The number of ether oxygens (including phenoxy) is 2. The summed E-state index contributed by atoms with van der Waals surface area (Å²) in [4.78, 5) is 0. The van der Waals surface area contributed by atoms with Gasteiger partial charge in [-0.15, -0.1) is 0 Å². The summed E-state index contributed by atoms with van der Waals surface area (Å²) in [6.07, 6.45) is 0.919.